The van der Waals surface area contributed by atoms with E-state index < -0.39 is 8.60 Å². The Morgan fingerprint density at radius 1 is 0.468 bits per heavy atom. The van der Waals surface area contributed by atoms with Gasteiger partial charge in [-0.1, -0.05) is 149 Å². The molecule has 0 aliphatic heterocycles. The Kier molecular flexibility index (Phi) is 9.37. The summed E-state index contributed by atoms with van der Waals surface area (Å²) in [5.41, 5.74) is 14.2. The molecule has 0 amide bonds. The van der Waals surface area contributed by atoms with Crippen LogP contribution in [0.4, 0.5) is 0 Å². The molecular weight excluding hydrogens is 595 g/mol. The van der Waals surface area contributed by atoms with E-state index in [2.05, 4.69) is 155 Å². The Bertz CT molecular complexity index is 1680. The van der Waals surface area contributed by atoms with Crippen LogP contribution in [0.3, 0.4) is 0 Å². The van der Waals surface area contributed by atoms with Crippen LogP contribution in [0.25, 0.3) is 22.3 Å². The van der Waals surface area contributed by atoms with Gasteiger partial charge in [0.05, 0.1) is 0 Å². The molecule has 0 heterocycles. The summed E-state index contributed by atoms with van der Waals surface area (Å²) in [5.74, 6) is 0.560. The highest BCUT2D eigenvalue weighted by atomic mass is 31.2. The monoisotopic (exact) mass is 658 g/mol. The molecule has 0 aromatic heterocycles. The van der Waals surface area contributed by atoms with Gasteiger partial charge in [-0.25, -0.2) is 0 Å². The molecule has 3 aromatic rings. The summed E-state index contributed by atoms with van der Waals surface area (Å²) in [6, 6.07) is 11.9. The van der Waals surface area contributed by atoms with Gasteiger partial charge in [0, 0.05) is 5.56 Å². The predicted octanol–water partition coefficient (Wildman–Crippen LogP) is 12.3. The first-order chi connectivity index (χ1) is 20.9. The molecule has 0 atom stereocenters. The van der Waals surface area contributed by atoms with Crippen LogP contribution in [0.15, 0.2) is 30.3 Å². The summed E-state index contributed by atoms with van der Waals surface area (Å²) in [4.78, 5) is 20.9. The van der Waals surface area contributed by atoms with Crippen molar-refractivity contribution in [3.63, 3.8) is 0 Å². The first-order valence-corrected chi connectivity index (χ1v) is 18.5. The van der Waals surface area contributed by atoms with Gasteiger partial charge in [-0.05, 0) is 106 Å². The van der Waals surface area contributed by atoms with E-state index >= 15 is 0 Å². The largest absolute Gasteiger partial charge is 0.427 e. The van der Waals surface area contributed by atoms with E-state index in [0.717, 1.165) is 17.5 Å². The van der Waals surface area contributed by atoms with Crippen molar-refractivity contribution in [3.8, 4) is 28.0 Å². The van der Waals surface area contributed by atoms with Crippen LogP contribution >= 0.6 is 8.60 Å². The number of hydrogen-bond acceptors (Lipinski definition) is 3. The average molecular weight is 659 g/mol. The molecule has 3 nitrogen and oxygen atoms in total. The van der Waals surface area contributed by atoms with Crippen LogP contribution in [-0.2, 0) is 38.9 Å². The molecule has 4 rings (SSSR count). The van der Waals surface area contributed by atoms with Gasteiger partial charge in [0.15, 0.2) is 0 Å². The molecule has 0 fully saturated rings. The van der Waals surface area contributed by atoms with Crippen LogP contribution in [0.2, 0.25) is 0 Å². The molecule has 1 aliphatic rings. The summed E-state index contributed by atoms with van der Waals surface area (Å²) in [6.45, 7) is 41.4. The van der Waals surface area contributed by atoms with Crippen LogP contribution in [0, 0.1) is 0 Å². The molecule has 0 saturated heterocycles. The Morgan fingerprint density at radius 2 is 0.872 bits per heavy atom. The van der Waals surface area contributed by atoms with E-state index in [1.807, 2.05) is 0 Å². The lowest BCUT2D eigenvalue weighted by Crippen LogP contribution is -2.27. The Morgan fingerprint density at radius 3 is 1.23 bits per heavy atom. The highest BCUT2D eigenvalue weighted by Gasteiger charge is 2.40. The Hall–Kier alpha value is -2.19. The molecule has 0 spiro atoms. The molecule has 0 radical (unpaired) electrons. The summed E-state index contributed by atoms with van der Waals surface area (Å²) >= 11 is 0. The van der Waals surface area contributed by atoms with Crippen LogP contribution in [0.1, 0.15) is 169 Å². The third-order valence-corrected chi connectivity index (χ3v) is 10.0. The van der Waals surface area contributed by atoms with Gasteiger partial charge in [0.1, 0.15) is 5.75 Å². The smallest absolute Gasteiger partial charge is 0.391 e. The van der Waals surface area contributed by atoms with E-state index in [-0.39, 0.29) is 32.5 Å². The van der Waals surface area contributed by atoms with Crippen molar-refractivity contribution >= 4 is 8.60 Å². The first-order valence-electron chi connectivity index (χ1n) is 17.4. The summed E-state index contributed by atoms with van der Waals surface area (Å²) in [5, 5.41) is 0. The molecule has 0 unspecified atom stereocenters. The van der Waals surface area contributed by atoms with Crippen molar-refractivity contribution in [2.75, 3.05) is 0 Å². The van der Waals surface area contributed by atoms with Crippen molar-refractivity contribution in [2.24, 2.45) is 0 Å². The fourth-order valence-electron chi connectivity index (χ4n) is 7.34. The number of fused-ring (bicyclic) bond motifs is 6. The van der Waals surface area contributed by atoms with Crippen molar-refractivity contribution in [1.29, 1.82) is 0 Å². The number of benzene rings is 3. The third-order valence-electron chi connectivity index (χ3n) is 9.66. The lowest BCUT2D eigenvalue weighted by Gasteiger charge is -2.40. The van der Waals surface area contributed by atoms with Gasteiger partial charge in [0.25, 0.3) is 0 Å². The SMILES string of the molecule is CC(C)(C)c1cc2c(c(C(C)(C)C)c1)-c1cc(OP(O)O)c(C(C)(C)C)c(c1C(C)(C)C)-c1c(cc(C(C)(C)C)cc1C(C)(C)C)C2. The third kappa shape index (κ3) is 7.39. The molecule has 1 aliphatic carbocycles. The van der Waals surface area contributed by atoms with Gasteiger partial charge in [-0.2, -0.15) is 0 Å². The van der Waals surface area contributed by atoms with Crippen LogP contribution < -0.4 is 4.52 Å². The maximum absolute atomic E-state index is 10.4. The molecule has 2 N–H and O–H groups in total. The minimum absolute atomic E-state index is 0.0317. The molecule has 4 heteroatoms. The van der Waals surface area contributed by atoms with E-state index in [4.69, 9.17) is 4.52 Å². The lowest BCUT2D eigenvalue weighted by molar-refractivity contribution is 0.370. The molecule has 3 aromatic carbocycles. The predicted molar refractivity (Wildman–Crippen MR) is 204 cm³/mol. The second-order valence-electron chi connectivity index (χ2n) is 20.2. The van der Waals surface area contributed by atoms with Crippen molar-refractivity contribution in [2.45, 2.75) is 164 Å². The summed E-state index contributed by atoms with van der Waals surface area (Å²) < 4.78 is 6.11. The minimum atomic E-state index is -2.64. The van der Waals surface area contributed by atoms with Gasteiger partial charge in [0.2, 0.25) is 0 Å². The van der Waals surface area contributed by atoms with Crippen molar-refractivity contribution < 1.29 is 14.3 Å². The summed E-state index contributed by atoms with van der Waals surface area (Å²) in [7, 11) is -2.64. The number of rotatable bonds is 2. The zero-order chi connectivity index (χ0) is 36.0. The van der Waals surface area contributed by atoms with E-state index in [0.29, 0.717) is 5.75 Å². The fraction of sp³-hybridized carbons (Fsp3) is 0.581. The van der Waals surface area contributed by atoms with E-state index in [1.165, 1.54) is 55.6 Å². The normalized spacial score (nSPS) is 14.5. The molecule has 47 heavy (non-hydrogen) atoms. The van der Waals surface area contributed by atoms with Crippen LogP contribution in [0.5, 0.6) is 5.75 Å². The second-order valence-corrected chi connectivity index (χ2v) is 20.9. The second kappa shape index (κ2) is 11.7. The molecule has 2 bridgehead atoms. The van der Waals surface area contributed by atoms with E-state index in [9.17, 15) is 9.79 Å². The average Bonchev–Trinajstić information content (AvgIpc) is 2.82. The van der Waals surface area contributed by atoms with Crippen molar-refractivity contribution in [1.82, 2.24) is 0 Å². The highest BCUT2D eigenvalue weighted by Crippen LogP contribution is 2.57. The minimum Gasteiger partial charge on any atom is -0.427 e. The Labute approximate surface area is 288 Å². The number of hydrogen-bond donors (Lipinski definition) is 2. The first kappa shape index (κ1) is 37.6. The Balaban J connectivity index is 2.52. The zero-order valence-electron chi connectivity index (χ0n) is 32.8. The van der Waals surface area contributed by atoms with E-state index in [1.54, 1.807) is 0 Å². The molecule has 0 saturated carbocycles. The molecular formula is C43H63O3P. The van der Waals surface area contributed by atoms with Crippen molar-refractivity contribution in [3.05, 3.63) is 74.8 Å². The zero-order valence-corrected chi connectivity index (χ0v) is 33.7. The maximum Gasteiger partial charge on any atom is 0.391 e. The topological polar surface area (TPSA) is 49.7 Å². The van der Waals surface area contributed by atoms with Crippen LogP contribution in [-0.4, -0.2) is 9.79 Å². The quantitative estimate of drug-likeness (QED) is 0.211. The standard InChI is InChI=1S/C43H63O3P/c1-38(2,3)27-20-25-19-26-21-28(39(4,5)6)23-31(41(10,11)12)34(26)35-36(42(13,14)15)29(33(25)30(22-27)40(7,8)9)24-32(46-47(44)45)37(35)43(16,17)18/h20-24,44-45H,19H2,1-18H3. The lowest BCUT2D eigenvalue weighted by atomic mass is 9.64. The highest BCUT2D eigenvalue weighted by molar-refractivity contribution is 7.39. The van der Waals surface area contributed by atoms with Gasteiger partial charge in [-0.15, -0.1) is 0 Å². The fourth-order valence-corrected chi connectivity index (χ4v) is 7.66. The molecule has 258 valence electrons. The van der Waals surface area contributed by atoms with Gasteiger partial charge in [-0.3, -0.25) is 0 Å². The van der Waals surface area contributed by atoms with Gasteiger partial charge >= 0.3 is 8.60 Å². The van der Waals surface area contributed by atoms with Gasteiger partial charge < -0.3 is 14.3 Å². The summed E-state index contributed by atoms with van der Waals surface area (Å²) in [6.07, 6.45) is 0.809. The maximum atomic E-state index is 10.4.